The number of unbranched alkanes of at least 4 members (excludes halogenated alkanes) is 3. The lowest BCUT2D eigenvalue weighted by Crippen LogP contribution is -2.45. The summed E-state index contributed by atoms with van der Waals surface area (Å²) in [6.45, 7) is 4.28. The summed E-state index contributed by atoms with van der Waals surface area (Å²) in [5.41, 5.74) is 12.6. The summed E-state index contributed by atoms with van der Waals surface area (Å²) in [5.74, 6) is 0.580. The first kappa shape index (κ1) is 18.1. The van der Waals surface area contributed by atoms with Crippen molar-refractivity contribution >= 4 is 35.0 Å². The van der Waals surface area contributed by atoms with Gasteiger partial charge in [-0.25, -0.2) is 9.98 Å². The molecule has 0 saturated heterocycles. The summed E-state index contributed by atoms with van der Waals surface area (Å²) in [5, 5.41) is 1.03. The highest BCUT2D eigenvalue weighted by molar-refractivity contribution is 6.42. The number of guanidine groups is 1. The van der Waals surface area contributed by atoms with Crippen LogP contribution in [0.15, 0.2) is 28.2 Å². The maximum absolute atomic E-state index is 6.21. The Kier molecular flexibility index (Phi) is 5.93. The van der Waals surface area contributed by atoms with Crippen molar-refractivity contribution in [3.63, 3.8) is 0 Å². The van der Waals surface area contributed by atoms with Crippen LogP contribution in [0.3, 0.4) is 0 Å². The van der Waals surface area contributed by atoms with Gasteiger partial charge in [0.2, 0.25) is 5.96 Å². The summed E-state index contributed by atoms with van der Waals surface area (Å²) in [6.07, 6.45) is 5.56. The van der Waals surface area contributed by atoms with Gasteiger partial charge in [-0.3, -0.25) is 0 Å². The molecule has 0 spiro atoms. The lowest BCUT2D eigenvalue weighted by molar-refractivity contribution is 0.383. The van der Waals surface area contributed by atoms with Gasteiger partial charge >= 0.3 is 0 Å². The van der Waals surface area contributed by atoms with E-state index in [2.05, 4.69) is 23.8 Å². The van der Waals surface area contributed by atoms with Crippen molar-refractivity contribution in [3.05, 3.63) is 33.8 Å². The molecule has 0 aliphatic carbocycles. The number of benzene rings is 1. The molecule has 0 bridgehead atoms. The standard InChI is InChI=1S/C17H24Cl2N4/c1-3-4-5-6-9-17(2)14(15(20)22-16(21)23-17)11-7-8-12(18)13(19)10-11/h7-8,10,14H,3-6,9H2,1-2H3,(H4,20,21,22,23). The Morgan fingerprint density at radius 1 is 1.13 bits per heavy atom. The molecule has 1 heterocycles. The second kappa shape index (κ2) is 7.54. The van der Waals surface area contributed by atoms with Gasteiger partial charge in [0.05, 0.1) is 21.5 Å². The minimum Gasteiger partial charge on any atom is -0.386 e. The predicted octanol–water partition coefficient (Wildman–Crippen LogP) is 4.49. The molecule has 126 valence electrons. The molecule has 2 rings (SSSR count). The van der Waals surface area contributed by atoms with Gasteiger partial charge in [0.25, 0.3) is 0 Å². The minimum absolute atomic E-state index is 0.147. The van der Waals surface area contributed by atoms with E-state index in [0.29, 0.717) is 15.9 Å². The third kappa shape index (κ3) is 4.18. The van der Waals surface area contributed by atoms with Gasteiger partial charge in [-0.15, -0.1) is 0 Å². The molecule has 2 atom stereocenters. The van der Waals surface area contributed by atoms with Crippen LogP contribution in [-0.4, -0.2) is 17.3 Å². The summed E-state index contributed by atoms with van der Waals surface area (Å²) >= 11 is 12.2. The molecule has 0 fully saturated rings. The van der Waals surface area contributed by atoms with Crippen molar-refractivity contribution in [2.45, 2.75) is 57.4 Å². The molecule has 0 radical (unpaired) electrons. The first-order chi connectivity index (χ1) is 10.9. The van der Waals surface area contributed by atoms with Gasteiger partial charge in [0.15, 0.2) is 0 Å². The average Bonchev–Trinajstić information content (AvgIpc) is 2.46. The molecule has 1 aromatic carbocycles. The molecular weight excluding hydrogens is 331 g/mol. The Morgan fingerprint density at radius 3 is 2.52 bits per heavy atom. The van der Waals surface area contributed by atoms with E-state index in [-0.39, 0.29) is 11.9 Å². The van der Waals surface area contributed by atoms with Crippen LogP contribution >= 0.6 is 23.2 Å². The Balaban J connectivity index is 2.32. The lowest BCUT2D eigenvalue weighted by Gasteiger charge is -2.37. The number of nitrogens with zero attached hydrogens (tertiary/aromatic N) is 2. The van der Waals surface area contributed by atoms with E-state index in [1.165, 1.54) is 19.3 Å². The normalized spacial score (nSPS) is 24.3. The molecule has 6 heteroatoms. The lowest BCUT2D eigenvalue weighted by atomic mass is 9.76. The van der Waals surface area contributed by atoms with Crippen molar-refractivity contribution in [2.75, 3.05) is 0 Å². The number of rotatable bonds is 6. The molecule has 4 N–H and O–H groups in total. The fourth-order valence-electron chi connectivity index (χ4n) is 3.20. The maximum Gasteiger partial charge on any atom is 0.217 e. The fraction of sp³-hybridized carbons (Fsp3) is 0.529. The summed E-state index contributed by atoms with van der Waals surface area (Å²) in [6, 6.07) is 5.56. The van der Waals surface area contributed by atoms with Crippen LogP contribution in [0.25, 0.3) is 0 Å². The van der Waals surface area contributed by atoms with Crippen LogP contribution in [0, 0.1) is 0 Å². The highest BCUT2D eigenvalue weighted by atomic mass is 35.5. The van der Waals surface area contributed by atoms with Crippen molar-refractivity contribution in [2.24, 2.45) is 21.5 Å². The number of aliphatic imine (C=N–C) groups is 2. The van der Waals surface area contributed by atoms with Crippen molar-refractivity contribution in [3.8, 4) is 0 Å². The van der Waals surface area contributed by atoms with Gasteiger partial charge < -0.3 is 11.5 Å². The Morgan fingerprint density at radius 2 is 1.87 bits per heavy atom. The number of hydrogen-bond acceptors (Lipinski definition) is 4. The van der Waals surface area contributed by atoms with Gasteiger partial charge in [-0.1, -0.05) is 61.9 Å². The van der Waals surface area contributed by atoms with E-state index in [0.717, 1.165) is 18.4 Å². The smallest absolute Gasteiger partial charge is 0.217 e. The molecule has 0 aromatic heterocycles. The molecule has 1 aromatic rings. The minimum atomic E-state index is -0.416. The highest BCUT2D eigenvalue weighted by Gasteiger charge is 2.40. The van der Waals surface area contributed by atoms with E-state index in [1.54, 1.807) is 6.07 Å². The average molecular weight is 355 g/mol. The summed E-state index contributed by atoms with van der Waals surface area (Å²) < 4.78 is 0. The van der Waals surface area contributed by atoms with Gasteiger partial charge in [0, 0.05) is 0 Å². The van der Waals surface area contributed by atoms with Gasteiger partial charge in [-0.05, 0) is 31.0 Å². The quantitative estimate of drug-likeness (QED) is 0.738. The summed E-state index contributed by atoms with van der Waals surface area (Å²) in [4.78, 5) is 8.80. The zero-order valence-electron chi connectivity index (χ0n) is 13.6. The topological polar surface area (TPSA) is 76.8 Å². The largest absolute Gasteiger partial charge is 0.386 e. The first-order valence-electron chi connectivity index (χ1n) is 8.01. The molecule has 4 nitrogen and oxygen atoms in total. The molecular formula is C17H24Cl2N4. The Bertz CT molecular complexity index is 627. The fourth-order valence-corrected chi connectivity index (χ4v) is 3.50. The van der Waals surface area contributed by atoms with Crippen molar-refractivity contribution < 1.29 is 0 Å². The van der Waals surface area contributed by atoms with Crippen LogP contribution in [0.2, 0.25) is 10.0 Å². The molecule has 2 unspecified atom stereocenters. The highest BCUT2D eigenvalue weighted by Crippen LogP contribution is 2.39. The van der Waals surface area contributed by atoms with Crippen LogP contribution in [-0.2, 0) is 0 Å². The molecule has 0 saturated carbocycles. The van der Waals surface area contributed by atoms with Crippen molar-refractivity contribution in [1.82, 2.24) is 0 Å². The predicted molar refractivity (Wildman–Crippen MR) is 99.6 cm³/mol. The van der Waals surface area contributed by atoms with Crippen molar-refractivity contribution in [1.29, 1.82) is 0 Å². The number of halogens is 2. The van der Waals surface area contributed by atoms with Crippen LogP contribution < -0.4 is 11.5 Å². The van der Waals surface area contributed by atoms with Crippen LogP contribution in [0.4, 0.5) is 0 Å². The zero-order valence-corrected chi connectivity index (χ0v) is 15.2. The molecule has 0 amide bonds. The number of nitrogens with two attached hydrogens (primary N) is 2. The van der Waals surface area contributed by atoms with Crippen LogP contribution in [0.5, 0.6) is 0 Å². The van der Waals surface area contributed by atoms with Gasteiger partial charge in [0.1, 0.15) is 5.84 Å². The van der Waals surface area contributed by atoms with Crippen LogP contribution in [0.1, 0.15) is 57.4 Å². The SMILES string of the molecule is CCCCCCC1(C)N=C(N)N=C(N)C1c1ccc(Cl)c(Cl)c1. The van der Waals surface area contributed by atoms with Gasteiger partial charge in [-0.2, -0.15) is 0 Å². The maximum atomic E-state index is 6.21. The molecule has 23 heavy (non-hydrogen) atoms. The zero-order chi connectivity index (χ0) is 17.0. The van der Waals surface area contributed by atoms with E-state index >= 15 is 0 Å². The number of amidine groups is 1. The Labute approximate surface area is 148 Å². The van der Waals surface area contributed by atoms with E-state index in [4.69, 9.17) is 34.7 Å². The van der Waals surface area contributed by atoms with E-state index in [9.17, 15) is 0 Å². The third-order valence-corrected chi connectivity index (χ3v) is 5.08. The second-order valence-corrected chi connectivity index (χ2v) is 7.10. The Hall–Kier alpha value is -1.26. The second-order valence-electron chi connectivity index (χ2n) is 6.28. The first-order valence-corrected chi connectivity index (χ1v) is 8.77. The molecule has 1 aliphatic heterocycles. The number of hydrogen-bond donors (Lipinski definition) is 2. The monoisotopic (exact) mass is 354 g/mol. The van der Waals surface area contributed by atoms with E-state index in [1.807, 2.05) is 12.1 Å². The third-order valence-electron chi connectivity index (χ3n) is 4.34. The van der Waals surface area contributed by atoms with E-state index < -0.39 is 5.54 Å². The molecule has 1 aliphatic rings. The summed E-state index contributed by atoms with van der Waals surface area (Å²) in [7, 11) is 0.